The minimum Gasteiger partial charge on any atom is -0.496 e. The highest BCUT2D eigenvalue weighted by Gasteiger charge is 2.13. The molecule has 0 unspecified atom stereocenters. The van der Waals surface area contributed by atoms with Crippen LogP contribution >= 0.6 is 0 Å². The predicted molar refractivity (Wildman–Crippen MR) is 99.8 cm³/mol. The smallest absolute Gasteiger partial charge is 0.341 e. The fourth-order valence-corrected chi connectivity index (χ4v) is 2.17. The van der Waals surface area contributed by atoms with Gasteiger partial charge in [0.25, 0.3) is 0 Å². The summed E-state index contributed by atoms with van der Waals surface area (Å²) in [7, 11) is 6.22. The van der Waals surface area contributed by atoms with Crippen molar-refractivity contribution in [3.8, 4) is 5.75 Å². The van der Waals surface area contributed by atoms with E-state index in [2.05, 4.69) is 15.6 Å². The lowest BCUT2D eigenvalue weighted by Gasteiger charge is -2.13. The maximum absolute atomic E-state index is 11.8. The number of carbonyl (C=O) groups is 1. The molecule has 0 saturated carbocycles. The Kier molecular flexibility index (Phi) is 10.8. The van der Waals surface area contributed by atoms with Crippen LogP contribution in [0.15, 0.2) is 23.2 Å². The van der Waals surface area contributed by atoms with Gasteiger partial charge in [0.1, 0.15) is 11.3 Å². The minimum absolute atomic E-state index is 0.394. The molecule has 1 aromatic carbocycles. The lowest BCUT2D eigenvalue weighted by atomic mass is 10.1. The van der Waals surface area contributed by atoms with Gasteiger partial charge in [0.15, 0.2) is 5.96 Å². The molecule has 0 heterocycles. The number of ether oxygens (including phenoxy) is 4. The Hall–Kier alpha value is -2.32. The van der Waals surface area contributed by atoms with Crippen molar-refractivity contribution in [1.82, 2.24) is 10.6 Å². The summed E-state index contributed by atoms with van der Waals surface area (Å²) >= 11 is 0. The van der Waals surface area contributed by atoms with Crippen molar-refractivity contribution in [1.29, 1.82) is 0 Å². The van der Waals surface area contributed by atoms with Crippen molar-refractivity contribution in [2.75, 3.05) is 54.7 Å². The van der Waals surface area contributed by atoms with E-state index in [9.17, 15) is 4.79 Å². The third kappa shape index (κ3) is 7.71. The Bertz CT molecular complexity index is 578. The van der Waals surface area contributed by atoms with E-state index < -0.39 is 5.97 Å². The van der Waals surface area contributed by atoms with Gasteiger partial charge in [-0.05, 0) is 24.1 Å². The molecule has 0 aliphatic heterocycles. The van der Waals surface area contributed by atoms with Gasteiger partial charge in [-0.2, -0.15) is 0 Å². The topological polar surface area (TPSA) is 90.4 Å². The van der Waals surface area contributed by atoms with E-state index in [1.165, 1.54) is 14.2 Å². The Labute approximate surface area is 154 Å². The Morgan fingerprint density at radius 1 is 1.12 bits per heavy atom. The number of nitrogens with zero attached hydrogens (tertiary/aromatic N) is 1. The summed E-state index contributed by atoms with van der Waals surface area (Å²) in [6.07, 6.45) is 0.861. The molecule has 0 fully saturated rings. The van der Waals surface area contributed by atoms with Crippen LogP contribution in [0.3, 0.4) is 0 Å². The van der Waals surface area contributed by atoms with Crippen molar-refractivity contribution in [3.63, 3.8) is 0 Å². The normalized spacial score (nSPS) is 11.2. The maximum atomic E-state index is 11.8. The Morgan fingerprint density at radius 2 is 1.92 bits per heavy atom. The number of guanidine groups is 1. The highest BCUT2D eigenvalue weighted by atomic mass is 16.5. The SMILES string of the molecule is CN=C(NCCCOCCOC)NCc1ccc(OC)c(C(=O)OC)c1. The van der Waals surface area contributed by atoms with Crippen molar-refractivity contribution >= 4 is 11.9 Å². The monoisotopic (exact) mass is 367 g/mol. The number of benzene rings is 1. The molecule has 0 aromatic heterocycles. The summed E-state index contributed by atoms with van der Waals surface area (Å²) in [6.45, 7) is 3.12. The number of aliphatic imine (C=N–C) groups is 1. The standard InChI is InChI=1S/C18H29N3O5/c1-19-18(20-8-5-9-26-11-10-23-2)21-13-14-6-7-16(24-3)15(12-14)17(22)25-4/h6-7,12H,5,8-11,13H2,1-4H3,(H2,19,20,21). The van der Waals surface area contributed by atoms with E-state index in [1.807, 2.05) is 6.07 Å². The molecule has 146 valence electrons. The summed E-state index contributed by atoms with van der Waals surface area (Å²) in [5.74, 6) is 0.730. The molecule has 0 radical (unpaired) electrons. The van der Waals surface area contributed by atoms with E-state index in [-0.39, 0.29) is 0 Å². The highest BCUT2D eigenvalue weighted by molar-refractivity contribution is 5.92. The molecule has 0 atom stereocenters. The first-order valence-electron chi connectivity index (χ1n) is 8.42. The van der Waals surface area contributed by atoms with Gasteiger partial charge in [-0.25, -0.2) is 4.79 Å². The van der Waals surface area contributed by atoms with E-state index in [0.717, 1.165) is 18.5 Å². The lowest BCUT2D eigenvalue weighted by Crippen LogP contribution is -2.37. The van der Waals surface area contributed by atoms with Crippen molar-refractivity contribution in [2.45, 2.75) is 13.0 Å². The van der Waals surface area contributed by atoms with Crippen LogP contribution in [0.25, 0.3) is 0 Å². The molecule has 8 nitrogen and oxygen atoms in total. The molecule has 2 N–H and O–H groups in total. The molecule has 0 spiro atoms. The maximum Gasteiger partial charge on any atom is 0.341 e. The van der Waals surface area contributed by atoms with E-state index >= 15 is 0 Å². The van der Waals surface area contributed by atoms with Crippen LogP contribution in [0.4, 0.5) is 0 Å². The molecule has 1 aromatic rings. The van der Waals surface area contributed by atoms with Crippen LogP contribution < -0.4 is 15.4 Å². The van der Waals surface area contributed by atoms with E-state index in [4.69, 9.17) is 18.9 Å². The fourth-order valence-electron chi connectivity index (χ4n) is 2.17. The number of carbonyl (C=O) groups excluding carboxylic acids is 1. The van der Waals surface area contributed by atoms with Crippen LogP contribution in [0.1, 0.15) is 22.3 Å². The van der Waals surface area contributed by atoms with Crippen molar-refractivity contribution in [3.05, 3.63) is 29.3 Å². The number of methoxy groups -OCH3 is 3. The van der Waals surface area contributed by atoms with Crippen LogP contribution in [-0.2, 0) is 20.8 Å². The Balaban J connectivity index is 2.44. The third-order valence-corrected chi connectivity index (χ3v) is 3.54. The van der Waals surface area contributed by atoms with Gasteiger partial charge < -0.3 is 29.6 Å². The third-order valence-electron chi connectivity index (χ3n) is 3.54. The number of hydrogen-bond donors (Lipinski definition) is 2. The molecule has 0 aliphatic carbocycles. The van der Waals surface area contributed by atoms with Crippen LogP contribution in [0.5, 0.6) is 5.75 Å². The van der Waals surface area contributed by atoms with Gasteiger partial charge in [0, 0.05) is 33.9 Å². The minimum atomic E-state index is -0.431. The van der Waals surface area contributed by atoms with Crippen LogP contribution in [0.2, 0.25) is 0 Å². The zero-order valence-corrected chi connectivity index (χ0v) is 16.0. The summed E-state index contributed by atoms with van der Waals surface area (Å²) in [4.78, 5) is 16.0. The molecule has 8 heteroatoms. The Morgan fingerprint density at radius 3 is 2.58 bits per heavy atom. The fraction of sp³-hybridized carbons (Fsp3) is 0.556. The number of nitrogens with one attached hydrogen (secondary N) is 2. The van der Waals surface area contributed by atoms with Gasteiger partial charge in [-0.15, -0.1) is 0 Å². The van der Waals surface area contributed by atoms with Crippen LogP contribution in [-0.4, -0.2) is 66.7 Å². The first kappa shape index (κ1) is 21.7. The average Bonchev–Trinajstić information content (AvgIpc) is 2.68. The highest BCUT2D eigenvalue weighted by Crippen LogP contribution is 2.20. The number of rotatable bonds is 11. The predicted octanol–water partition coefficient (Wildman–Crippen LogP) is 1.20. The summed E-state index contributed by atoms with van der Waals surface area (Å²) in [6, 6.07) is 5.38. The van der Waals surface area contributed by atoms with Crippen molar-refractivity contribution in [2.24, 2.45) is 4.99 Å². The van der Waals surface area contributed by atoms with Gasteiger partial charge in [0.05, 0.1) is 27.4 Å². The molecular weight excluding hydrogens is 338 g/mol. The molecular formula is C18H29N3O5. The summed E-state index contributed by atoms with van der Waals surface area (Å²) < 4.78 is 20.3. The number of esters is 1. The first-order chi connectivity index (χ1) is 12.7. The second-order valence-corrected chi connectivity index (χ2v) is 5.34. The lowest BCUT2D eigenvalue weighted by molar-refractivity contribution is 0.0597. The average molecular weight is 367 g/mol. The number of hydrogen-bond acceptors (Lipinski definition) is 6. The largest absolute Gasteiger partial charge is 0.496 e. The van der Waals surface area contributed by atoms with Gasteiger partial charge in [-0.3, -0.25) is 4.99 Å². The molecule has 0 bridgehead atoms. The zero-order chi connectivity index (χ0) is 19.2. The second-order valence-electron chi connectivity index (χ2n) is 5.34. The van der Waals surface area contributed by atoms with Gasteiger partial charge >= 0.3 is 5.97 Å². The van der Waals surface area contributed by atoms with Gasteiger partial charge in [0.2, 0.25) is 0 Å². The van der Waals surface area contributed by atoms with Crippen LogP contribution in [0, 0.1) is 0 Å². The molecule has 0 amide bonds. The summed E-state index contributed by atoms with van der Waals surface area (Å²) in [5.41, 5.74) is 1.31. The summed E-state index contributed by atoms with van der Waals surface area (Å²) in [5, 5.41) is 6.42. The molecule has 26 heavy (non-hydrogen) atoms. The van der Waals surface area contributed by atoms with Gasteiger partial charge in [-0.1, -0.05) is 6.07 Å². The molecule has 0 saturated heterocycles. The van der Waals surface area contributed by atoms with E-state index in [1.54, 1.807) is 26.3 Å². The zero-order valence-electron chi connectivity index (χ0n) is 16.0. The quantitative estimate of drug-likeness (QED) is 0.263. The van der Waals surface area contributed by atoms with Crippen molar-refractivity contribution < 1.29 is 23.7 Å². The van der Waals surface area contributed by atoms with E-state index in [0.29, 0.717) is 43.6 Å². The first-order valence-corrected chi connectivity index (χ1v) is 8.42. The molecule has 0 aliphatic rings. The second kappa shape index (κ2) is 13.0. The molecule has 1 rings (SSSR count).